The fourth-order valence-corrected chi connectivity index (χ4v) is 2.19. The number of nitrogens with zero attached hydrogens (tertiary/aromatic N) is 2. The van der Waals surface area contributed by atoms with Crippen molar-refractivity contribution in [2.75, 3.05) is 7.05 Å². The van der Waals surface area contributed by atoms with Crippen molar-refractivity contribution < 1.29 is 13.9 Å². The number of ether oxygens (including phenoxy) is 1. The second-order valence-corrected chi connectivity index (χ2v) is 5.22. The summed E-state index contributed by atoms with van der Waals surface area (Å²) in [5.41, 5.74) is 1.18. The Morgan fingerprint density at radius 1 is 1.30 bits per heavy atom. The van der Waals surface area contributed by atoms with Crippen molar-refractivity contribution in [2.45, 2.75) is 19.6 Å². The maximum Gasteiger partial charge on any atom is 0.263 e. The lowest BCUT2D eigenvalue weighted by Crippen LogP contribution is -2.37. The molecule has 0 aliphatic heterocycles. The van der Waals surface area contributed by atoms with Crippen molar-refractivity contribution in [2.24, 2.45) is 0 Å². The number of hydrogen-bond donors (Lipinski definition) is 0. The van der Waals surface area contributed by atoms with Crippen LogP contribution >= 0.6 is 0 Å². The fourth-order valence-electron chi connectivity index (χ4n) is 2.19. The fraction of sp³-hybridized carbons (Fsp3) is 0.222. The van der Waals surface area contributed by atoms with Crippen LogP contribution in [0, 0.1) is 17.1 Å². The zero-order chi connectivity index (χ0) is 16.8. The van der Waals surface area contributed by atoms with Crippen LogP contribution in [0.3, 0.4) is 0 Å². The number of carbonyl (C=O) groups excluding carboxylic acids is 1. The highest BCUT2D eigenvalue weighted by molar-refractivity contribution is 5.80. The first-order chi connectivity index (χ1) is 11.0. The summed E-state index contributed by atoms with van der Waals surface area (Å²) in [6.45, 7) is 1.94. The minimum atomic E-state index is -0.706. The van der Waals surface area contributed by atoms with E-state index >= 15 is 0 Å². The molecule has 0 saturated heterocycles. The van der Waals surface area contributed by atoms with Crippen LogP contribution in [-0.4, -0.2) is 24.0 Å². The quantitative estimate of drug-likeness (QED) is 0.852. The minimum absolute atomic E-state index is 0.225. The van der Waals surface area contributed by atoms with Crippen LogP contribution in [0.1, 0.15) is 18.1 Å². The molecule has 5 heteroatoms. The molecule has 0 aliphatic rings. The highest BCUT2D eigenvalue weighted by Crippen LogP contribution is 2.15. The molecular weight excluding hydrogens is 295 g/mol. The molecule has 4 nitrogen and oxygen atoms in total. The Hall–Kier alpha value is -2.87. The van der Waals surface area contributed by atoms with Gasteiger partial charge in [-0.3, -0.25) is 4.79 Å². The molecule has 0 fully saturated rings. The van der Waals surface area contributed by atoms with E-state index < -0.39 is 6.10 Å². The van der Waals surface area contributed by atoms with Gasteiger partial charge in [-0.05, 0) is 42.8 Å². The van der Waals surface area contributed by atoms with Gasteiger partial charge in [0.05, 0.1) is 11.6 Å². The highest BCUT2D eigenvalue weighted by Gasteiger charge is 2.19. The minimum Gasteiger partial charge on any atom is -0.481 e. The molecule has 2 aromatic carbocycles. The zero-order valence-electron chi connectivity index (χ0n) is 13.0. The van der Waals surface area contributed by atoms with E-state index in [-0.39, 0.29) is 11.7 Å². The SMILES string of the molecule is C[C@@H](Oc1cccc(C#N)c1)C(=O)N(C)Cc1cccc(F)c1. The van der Waals surface area contributed by atoms with Gasteiger partial charge in [0.2, 0.25) is 0 Å². The molecule has 118 valence electrons. The predicted molar refractivity (Wildman–Crippen MR) is 84.1 cm³/mol. The van der Waals surface area contributed by atoms with Gasteiger partial charge >= 0.3 is 0 Å². The van der Waals surface area contributed by atoms with Gasteiger partial charge in [-0.25, -0.2) is 4.39 Å². The number of likely N-dealkylation sites (N-methyl/N-ethyl adjacent to an activating group) is 1. The average Bonchev–Trinajstić information content (AvgIpc) is 2.54. The highest BCUT2D eigenvalue weighted by atomic mass is 19.1. The van der Waals surface area contributed by atoms with Crippen LogP contribution < -0.4 is 4.74 Å². The summed E-state index contributed by atoms with van der Waals surface area (Å²) in [7, 11) is 1.64. The molecule has 0 aromatic heterocycles. The molecule has 1 amide bonds. The smallest absolute Gasteiger partial charge is 0.263 e. The lowest BCUT2D eigenvalue weighted by molar-refractivity contribution is -0.137. The van der Waals surface area contributed by atoms with E-state index in [9.17, 15) is 9.18 Å². The second-order valence-electron chi connectivity index (χ2n) is 5.22. The number of carbonyl (C=O) groups is 1. The molecular formula is C18H17FN2O2. The average molecular weight is 312 g/mol. The van der Waals surface area contributed by atoms with E-state index in [0.29, 0.717) is 23.4 Å². The summed E-state index contributed by atoms with van der Waals surface area (Å²) >= 11 is 0. The Balaban J connectivity index is 1.99. The van der Waals surface area contributed by atoms with Gasteiger partial charge in [0.1, 0.15) is 11.6 Å². The molecule has 0 N–H and O–H groups in total. The topological polar surface area (TPSA) is 53.3 Å². The van der Waals surface area contributed by atoms with Gasteiger partial charge in [-0.15, -0.1) is 0 Å². The van der Waals surface area contributed by atoms with E-state index in [0.717, 1.165) is 0 Å². The molecule has 23 heavy (non-hydrogen) atoms. The Morgan fingerprint density at radius 2 is 2.04 bits per heavy atom. The Bertz CT molecular complexity index is 740. The monoisotopic (exact) mass is 312 g/mol. The van der Waals surface area contributed by atoms with E-state index in [2.05, 4.69) is 0 Å². The molecule has 0 saturated carbocycles. The Morgan fingerprint density at radius 3 is 2.74 bits per heavy atom. The van der Waals surface area contributed by atoms with Crippen molar-refractivity contribution in [1.29, 1.82) is 5.26 Å². The lowest BCUT2D eigenvalue weighted by atomic mass is 10.2. The number of amides is 1. The van der Waals surface area contributed by atoms with Crippen molar-refractivity contribution in [1.82, 2.24) is 4.90 Å². The third-order valence-corrected chi connectivity index (χ3v) is 3.31. The van der Waals surface area contributed by atoms with Gasteiger partial charge in [0, 0.05) is 13.6 Å². The number of rotatable bonds is 5. The van der Waals surface area contributed by atoms with E-state index in [4.69, 9.17) is 10.00 Å². The maximum absolute atomic E-state index is 13.2. The van der Waals surface area contributed by atoms with Gasteiger partial charge in [0.25, 0.3) is 5.91 Å². The molecule has 0 unspecified atom stereocenters. The van der Waals surface area contributed by atoms with Crippen molar-refractivity contribution in [3.63, 3.8) is 0 Å². The summed E-state index contributed by atoms with van der Waals surface area (Å²) in [5, 5.41) is 8.87. The first-order valence-corrected chi connectivity index (χ1v) is 7.16. The third kappa shape index (κ3) is 4.55. The van der Waals surface area contributed by atoms with Crippen molar-refractivity contribution in [3.8, 4) is 11.8 Å². The largest absolute Gasteiger partial charge is 0.481 e. The third-order valence-electron chi connectivity index (χ3n) is 3.31. The standard InChI is InChI=1S/C18H17FN2O2/c1-13(23-17-8-4-5-14(10-17)11-20)18(22)21(2)12-15-6-3-7-16(19)9-15/h3-10,13H,12H2,1-2H3/t13-/m1/s1. The molecule has 1 atom stereocenters. The number of benzene rings is 2. The van der Waals surface area contributed by atoms with Crippen LogP contribution in [0.2, 0.25) is 0 Å². The van der Waals surface area contributed by atoms with Crippen LogP contribution in [0.25, 0.3) is 0 Å². The van der Waals surface area contributed by atoms with Crippen molar-refractivity contribution in [3.05, 3.63) is 65.5 Å². The van der Waals surface area contributed by atoms with Gasteiger partial charge in [-0.1, -0.05) is 18.2 Å². The predicted octanol–water partition coefficient (Wildman–Crippen LogP) is 3.12. The summed E-state index contributed by atoms with van der Waals surface area (Å²) in [4.78, 5) is 13.8. The lowest BCUT2D eigenvalue weighted by Gasteiger charge is -2.22. The van der Waals surface area contributed by atoms with E-state index in [1.807, 2.05) is 6.07 Å². The van der Waals surface area contributed by atoms with E-state index in [1.54, 1.807) is 50.4 Å². The van der Waals surface area contributed by atoms with Gasteiger partial charge in [-0.2, -0.15) is 5.26 Å². The van der Waals surface area contributed by atoms with Crippen molar-refractivity contribution >= 4 is 5.91 Å². The number of nitriles is 1. The molecule has 0 spiro atoms. The second kappa shape index (κ2) is 7.41. The number of halogens is 1. The summed E-state index contributed by atoms with van der Waals surface area (Å²) in [6, 6.07) is 14.8. The summed E-state index contributed by atoms with van der Waals surface area (Å²) in [5.74, 6) is -0.0957. The van der Waals surface area contributed by atoms with E-state index in [1.165, 1.54) is 17.0 Å². The first kappa shape index (κ1) is 16.5. The molecule has 0 radical (unpaired) electrons. The molecule has 0 heterocycles. The van der Waals surface area contributed by atoms with Crippen LogP contribution in [-0.2, 0) is 11.3 Å². The van der Waals surface area contributed by atoms with Crippen LogP contribution in [0.5, 0.6) is 5.75 Å². The maximum atomic E-state index is 13.2. The van der Waals surface area contributed by atoms with Gasteiger partial charge < -0.3 is 9.64 Å². The zero-order valence-corrected chi connectivity index (χ0v) is 13.0. The molecule has 2 rings (SSSR count). The number of hydrogen-bond acceptors (Lipinski definition) is 3. The Labute approximate surface area is 134 Å². The van der Waals surface area contributed by atoms with Crippen LogP contribution in [0.15, 0.2) is 48.5 Å². The summed E-state index contributed by atoms with van der Waals surface area (Å²) in [6.07, 6.45) is -0.706. The normalized spacial score (nSPS) is 11.4. The molecule has 0 bridgehead atoms. The van der Waals surface area contributed by atoms with Crippen LogP contribution in [0.4, 0.5) is 4.39 Å². The Kier molecular flexibility index (Phi) is 5.32. The summed E-state index contributed by atoms with van der Waals surface area (Å²) < 4.78 is 18.8. The molecule has 0 aliphatic carbocycles. The van der Waals surface area contributed by atoms with Gasteiger partial charge in [0.15, 0.2) is 6.10 Å². The first-order valence-electron chi connectivity index (χ1n) is 7.16. The molecule has 2 aromatic rings.